The molecule has 1 amide bonds. The molecule has 1 aliphatic heterocycles. The summed E-state index contributed by atoms with van der Waals surface area (Å²) in [4.78, 5) is 15.6. The van der Waals surface area contributed by atoms with E-state index in [1.807, 2.05) is 6.92 Å². The molecule has 2 aromatic carbocycles. The van der Waals surface area contributed by atoms with E-state index >= 15 is 0 Å². The van der Waals surface area contributed by atoms with E-state index in [4.69, 9.17) is 27.9 Å². The number of thioether (sulfide) groups is 1. The molecule has 4 atom stereocenters. The second kappa shape index (κ2) is 11.6. The Morgan fingerprint density at radius 3 is 2.46 bits per heavy atom. The smallest absolute Gasteiger partial charge is 0.252 e. The minimum absolute atomic E-state index is 0.0133. The summed E-state index contributed by atoms with van der Waals surface area (Å²) in [5.41, 5.74) is 0.988. The van der Waals surface area contributed by atoms with Gasteiger partial charge in [-0.3, -0.25) is 4.79 Å². The molecular weight excluding hydrogens is 511 g/mol. The number of carbonyl (C=O) groups excluding carboxylic acids is 1. The lowest BCUT2D eigenvalue weighted by molar-refractivity contribution is -0.178. The van der Waals surface area contributed by atoms with Crippen molar-refractivity contribution in [1.29, 1.82) is 0 Å². The van der Waals surface area contributed by atoms with Crippen LogP contribution in [0.1, 0.15) is 63.8 Å². The molecule has 1 saturated heterocycles. The topological polar surface area (TPSA) is 29.5 Å². The second-order valence-electron chi connectivity index (χ2n) is 9.62. The number of nitrogens with zero attached hydrogens (tertiary/aromatic N) is 1. The van der Waals surface area contributed by atoms with E-state index in [9.17, 15) is 13.6 Å². The third-order valence-electron chi connectivity index (χ3n) is 5.88. The highest BCUT2D eigenvalue weighted by Gasteiger charge is 2.46. The van der Waals surface area contributed by atoms with Gasteiger partial charge in [0.15, 0.2) is 0 Å². The van der Waals surface area contributed by atoms with E-state index in [0.29, 0.717) is 29.7 Å². The summed E-state index contributed by atoms with van der Waals surface area (Å²) >= 11 is 13.9. The van der Waals surface area contributed by atoms with Gasteiger partial charge in [-0.25, -0.2) is 8.78 Å². The van der Waals surface area contributed by atoms with E-state index in [1.165, 1.54) is 24.3 Å². The average Bonchev–Trinajstić information content (AvgIpc) is 2.77. The van der Waals surface area contributed by atoms with Crippen molar-refractivity contribution in [2.45, 2.75) is 69.6 Å². The molecule has 3 rings (SSSR count). The molecule has 3 nitrogen and oxygen atoms in total. The van der Waals surface area contributed by atoms with Crippen molar-refractivity contribution in [2.75, 3.05) is 5.75 Å². The third kappa shape index (κ3) is 6.79. The van der Waals surface area contributed by atoms with Crippen LogP contribution in [0.5, 0.6) is 0 Å². The highest BCUT2D eigenvalue weighted by atomic mass is 35.5. The van der Waals surface area contributed by atoms with Crippen LogP contribution in [-0.4, -0.2) is 33.5 Å². The Morgan fingerprint density at radius 1 is 1.17 bits per heavy atom. The maximum Gasteiger partial charge on any atom is 0.252 e. The number of hydrogen-bond donors (Lipinski definition) is 0. The summed E-state index contributed by atoms with van der Waals surface area (Å²) < 4.78 is 35.3. The van der Waals surface area contributed by atoms with Crippen LogP contribution in [0.3, 0.4) is 0 Å². The fourth-order valence-electron chi connectivity index (χ4n) is 4.25. The summed E-state index contributed by atoms with van der Waals surface area (Å²) in [6, 6.07) is 7.77. The maximum atomic E-state index is 14.6. The van der Waals surface area contributed by atoms with Crippen LogP contribution in [0.15, 0.2) is 49.1 Å². The first-order valence-corrected chi connectivity index (χ1v) is 13.3. The molecule has 0 N–H and O–H groups in total. The number of amides is 1. The van der Waals surface area contributed by atoms with Gasteiger partial charge in [0.25, 0.3) is 5.91 Å². The number of carbonyl (C=O) groups is 1. The quantitative estimate of drug-likeness (QED) is 0.315. The summed E-state index contributed by atoms with van der Waals surface area (Å²) in [6.45, 7) is 12.2. The van der Waals surface area contributed by atoms with E-state index in [2.05, 4.69) is 27.4 Å². The molecule has 0 aromatic heterocycles. The van der Waals surface area contributed by atoms with E-state index < -0.39 is 29.9 Å². The monoisotopic (exact) mass is 541 g/mol. The highest BCUT2D eigenvalue weighted by molar-refractivity contribution is 8.00. The van der Waals surface area contributed by atoms with Gasteiger partial charge in [0.2, 0.25) is 0 Å². The number of ether oxygens (including phenoxy) is 1. The molecule has 1 fully saturated rings. The van der Waals surface area contributed by atoms with Crippen LogP contribution in [0.25, 0.3) is 0 Å². The Morgan fingerprint density at radius 2 is 1.89 bits per heavy atom. The Bertz CT molecular complexity index is 1060. The van der Waals surface area contributed by atoms with Gasteiger partial charge in [0.05, 0.1) is 11.1 Å². The molecule has 1 heterocycles. The summed E-state index contributed by atoms with van der Waals surface area (Å²) in [5.74, 6) is -0.644. The standard InChI is InChI=1S/C27H31Cl2F2NO2S/c1-6-8-23-26(33)32(20(7-2)15-35-27(3,4)5)24(16-9-10-21(29)22(31)13-16)25(34-23)17-11-18(28)14-19(30)12-17/h6,9-14,20,23-25H,1,7-8,15H2,2-5H3/t20?,23-,24-,25-/m1/s1. The fourth-order valence-corrected chi connectivity index (χ4v) is 5.68. The zero-order chi connectivity index (χ0) is 25.9. The van der Waals surface area contributed by atoms with Crippen molar-refractivity contribution in [3.63, 3.8) is 0 Å². The Kier molecular flexibility index (Phi) is 9.30. The summed E-state index contributed by atoms with van der Waals surface area (Å²) in [5, 5.41) is 0.192. The number of morpholine rings is 1. The van der Waals surface area contributed by atoms with Crippen molar-refractivity contribution in [3.05, 3.63) is 81.9 Å². The first-order valence-electron chi connectivity index (χ1n) is 11.6. The average molecular weight is 543 g/mol. The van der Waals surface area contributed by atoms with Gasteiger partial charge in [0, 0.05) is 28.0 Å². The van der Waals surface area contributed by atoms with Crippen molar-refractivity contribution in [3.8, 4) is 0 Å². The molecule has 1 aliphatic rings. The van der Waals surface area contributed by atoms with Crippen LogP contribution >= 0.6 is 35.0 Å². The molecule has 0 aliphatic carbocycles. The van der Waals surface area contributed by atoms with Gasteiger partial charge < -0.3 is 9.64 Å². The van der Waals surface area contributed by atoms with Crippen LogP contribution < -0.4 is 0 Å². The van der Waals surface area contributed by atoms with Gasteiger partial charge in [-0.1, -0.05) is 63.0 Å². The summed E-state index contributed by atoms with van der Waals surface area (Å²) in [6.07, 6.45) is 1.02. The Balaban J connectivity index is 2.20. The lowest BCUT2D eigenvalue weighted by Crippen LogP contribution is -2.55. The van der Waals surface area contributed by atoms with Crippen LogP contribution in [0, 0.1) is 11.6 Å². The molecule has 0 spiro atoms. The van der Waals surface area contributed by atoms with Gasteiger partial charge in [0.1, 0.15) is 23.8 Å². The molecule has 35 heavy (non-hydrogen) atoms. The third-order valence-corrected chi connectivity index (χ3v) is 7.82. The molecule has 1 unspecified atom stereocenters. The first-order chi connectivity index (χ1) is 16.4. The molecule has 190 valence electrons. The maximum absolute atomic E-state index is 14.6. The van der Waals surface area contributed by atoms with Crippen LogP contribution in [0.2, 0.25) is 10.0 Å². The number of hydrogen-bond acceptors (Lipinski definition) is 3. The lowest BCUT2D eigenvalue weighted by Gasteiger charge is -2.48. The van der Waals surface area contributed by atoms with E-state index in [0.717, 1.165) is 0 Å². The Labute approximate surface area is 220 Å². The fraction of sp³-hybridized carbons (Fsp3) is 0.444. The number of rotatable bonds is 8. The molecule has 8 heteroatoms. The molecule has 2 aromatic rings. The van der Waals surface area contributed by atoms with Crippen molar-refractivity contribution in [1.82, 2.24) is 4.90 Å². The zero-order valence-electron chi connectivity index (χ0n) is 20.4. The number of halogens is 4. The van der Waals surface area contributed by atoms with Gasteiger partial charge in [-0.2, -0.15) is 11.8 Å². The minimum Gasteiger partial charge on any atom is -0.358 e. The largest absolute Gasteiger partial charge is 0.358 e. The van der Waals surface area contributed by atoms with E-state index in [-0.39, 0.29) is 26.7 Å². The molecule has 0 radical (unpaired) electrons. The number of benzene rings is 2. The predicted octanol–water partition coefficient (Wildman–Crippen LogP) is 8.17. The summed E-state index contributed by atoms with van der Waals surface area (Å²) in [7, 11) is 0. The van der Waals surface area contributed by atoms with Crippen molar-refractivity contribution >= 4 is 40.9 Å². The van der Waals surface area contributed by atoms with Gasteiger partial charge >= 0.3 is 0 Å². The van der Waals surface area contributed by atoms with Crippen LogP contribution in [-0.2, 0) is 9.53 Å². The first kappa shape index (κ1) is 28.0. The van der Waals surface area contributed by atoms with Crippen molar-refractivity contribution in [2.24, 2.45) is 0 Å². The normalized spacial score (nSPS) is 21.8. The molecular formula is C27H31Cl2F2NO2S. The highest BCUT2D eigenvalue weighted by Crippen LogP contribution is 2.45. The van der Waals surface area contributed by atoms with Crippen LogP contribution in [0.4, 0.5) is 8.78 Å². The van der Waals surface area contributed by atoms with Gasteiger partial charge in [-0.05, 0) is 47.9 Å². The van der Waals surface area contributed by atoms with E-state index in [1.54, 1.807) is 34.9 Å². The second-order valence-corrected chi connectivity index (χ2v) is 12.3. The van der Waals surface area contributed by atoms with Crippen molar-refractivity contribution < 1.29 is 18.3 Å². The predicted molar refractivity (Wildman–Crippen MR) is 141 cm³/mol. The zero-order valence-corrected chi connectivity index (χ0v) is 22.7. The minimum atomic E-state index is -0.804. The Hall–Kier alpha value is -1.60. The molecule has 0 saturated carbocycles. The van der Waals surface area contributed by atoms with Gasteiger partial charge in [-0.15, -0.1) is 6.58 Å². The lowest BCUT2D eigenvalue weighted by atomic mass is 9.89. The SMILES string of the molecule is C=CC[C@H]1O[C@H](c2cc(F)cc(Cl)c2)[C@@H](c2ccc(Cl)c(F)c2)N(C(CC)CSC(C)(C)C)C1=O. The molecule has 0 bridgehead atoms.